The number of nitrogens with two attached hydrogens (primary N) is 1. The molecule has 1 aromatic rings. The van der Waals surface area contributed by atoms with E-state index in [0.717, 1.165) is 0 Å². The average Bonchev–Trinajstić information content (AvgIpc) is 2.22. The van der Waals surface area contributed by atoms with Gasteiger partial charge in [-0.3, -0.25) is 4.79 Å². The van der Waals surface area contributed by atoms with Crippen molar-refractivity contribution in [2.45, 2.75) is 12.5 Å². The minimum absolute atomic E-state index is 0.104. The van der Waals surface area contributed by atoms with Gasteiger partial charge in [-0.25, -0.2) is 0 Å². The molecule has 0 saturated heterocycles. The van der Waals surface area contributed by atoms with E-state index >= 15 is 0 Å². The molecule has 88 valence electrons. The van der Waals surface area contributed by atoms with Gasteiger partial charge in [0.2, 0.25) is 0 Å². The van der Waals surface area contributed by atoms with Crippen LogP contribution in [-0.4, -0.2) is 29.3 Å². The fourth-order valence-electron chi connectivity index (χ4n) is 1.24. The van der Waals surface area contributed by atoms with Gasteiger partial charge >= 0.3 is 5.97 Å². The summed E-state index contributed by atoms with van der Waals surface area (Å²) in [5.74, 6) is -1.07. The standard InChI is InChI=1S/C10H12ClNO4/c1-16-8-4-5(2-6(11)9(8)13)3-7(12)10(14)15/h2,4,7,13H,3,12H2,1H3,(H,14,15)/t7-/m0/s1. The highest BCUT2D eigenvalue weighted by atomic mass is 35.5. The first-order chi connectivity index (χ1) is 7.45. The quantitative estimate of drug-likeness (QED) is 0.736. The average molecular weight is 246 g/mol. The van der Waals surface area contributed by atoms with Crippen molar-refractivity contribution in [3.05, 3.63) is 22.7 Å². The van der Waals surface area contributed by atoms with Crippen LogP contribution >= 0.6 is 11.6 Å². The number of ether oxygens (including phenoxy) is 1. The van der Waals surface area contributed by atoms with E-state index in [1.807, 2.05) is 0 Å². The normalized spacial score (nSPS) is 12.2. The predicted molar refractivity (Wildman–Crippen MR) is 59.0 cm³/mol. The van der Waals surface area contributed by atoms with Crippen LogP contribution in [0.25, 0.3) is 0 Å². The number of phenolic OH excluding ortho intramolecular Hbond substituents is 1. The fourth-order valence-corrected chi connectivity index (χ4v) is 1.48. The van der Waals surface area contributed by atoms with Crippen molar-refractivity contribution in [1.29, 1.82) is 0 Å². The molecule has 0 radical (unpaired) electrons. The van der Waals surface area contributed by atoms with E-state index in [0.29, 0.717) is 5.56 Å². The Kier molecular flexibility index (Phi) is 3.98. The molecular weight excluding hydrogens is 234 g/mol. The molecule has 1 aromatic carbocycles. The van der Waals surface area contributed by atoms with Crippen LogP contribution < -0.4 is 10.5 Å². The molecule has 6 heteroatoms. The second-order valence-electron chi connectivity index (χ2n) is 3.28. The lowest BCUT2D eigenvalue weighted by Crippen LogP contribution is -2.32. The summed E-state index contributed by atoms with van der Waals surface area (Å²) in [6, 6.07) is 1.96. The second-order valence-corrected chi connectivity index (χ2v) is 3.68. The van der Waals surface area contributed by atoms with E-state index in [1.54, 1.807) is 0 Å². The molecule has 0 aliphatic rings. The van der Waals surface area contributed by atoms with Gasteiger partial charge in [-0.15, -0.1) is 0 Å². The zero-order chi connectivity index (χ0) is 12.3. The zero-order valence-electron chi connectivity index (χ0n) is 8.61. The van der Waals surface area contributed by atoms with Crippen LogP contribution in [0.4, 0.5) is 0 Å². The van der Waals surface area contributed by atoms with Crippen molar-refractivity contribution in [3.63, 3.8) is 0 Å². The molecular formula is C10H12ClNO4. The van der Waals surface area contributed by atoms with E-state index in [-0.39, 0.29) is 22.9 Å². The van der Waals surface area contributed by atoms with E-state index < -0.39 is 12.0 Å². The van der Waals surface area contributed by atoms with Gasteiger partial charge in [0.05, 0.1) is 12.1 Å². The molecule has 0 spiro atoms. The molecule has 1 atom stereocenters. The van der Waals surface area contributed by atoms with Gasteiger partial charge in [0.1, 0.15) is 6.04 Å². The molecule has 0 saturated carbocycles. The van der Waals surface area contributed by atoms with Crippen LogP contribution in [0.5, 0.6) is 11.5 Å². The van der Waals surface area contributed by atoms with Gasteiger partial charge in [-0.05, 0) is 24.1 Å². The lowest BCUT2D eigenvalue weighted by atomic mass is 10.1. The third-order valence-corrected chi connectivity index (χ3v) is 2.37. The number of aliphatic carboxylic acids is 1. The molecule has 0 amide bonds. The van der Waals surface area contributed by atoms with Crippen molar-refractivity contribution in [2.75, 3.05) is 7.11 Å². The van der Waals surface area contributed by atoms with Crippen molar-refractivity contribution < 1.29 is 19.7 Å². The molecule has 0 bridgehead atoms. The maximum atomic E-state index is 10.6. The van der Waals surface area contributed by atoms with Gasteiger partial charge < -0.3 is 20.7 Å². The van der Waals surface area contributed by atoms with Crippen LogP contribution in [-0.2, 0) is 11.2 Å². The van der Waals surface area contributed by atoms with Crippen LogP contribution in [0.3, 0.4) is 0 Å². The first-order valence-corrected chi connectivity index (χ1v) is 4.87. The molecule has 0 fully saturated rings. The second kappa shape index (κ2) is 5.05. The highest BCUT2D eigenvalue weighted by Crippen LogP contribution is 2.35. The molecule has 5 nitrogen and oxygen atoms in total. The van der Waals surface area contributed by atoms with Crippen LogP contribution in [0, 0.1) is 0 Å². The Hall–Kier alpha value is -1.46. The third kappa shape index (κ3) is 2.77. The highest BCUT2D eigenvalue weighted by Gasteiger charge is 2.15. The Morgan fingerprint density at radius 3 is 2.75 bits per heavy atom. The molecule has 0 aliphatic heterocycles. The number of methoxy groups -OCH3 is 1. The first kappa shape index (κ1) is 12.6. The monoisotopic (exact) mass is 245 g/mol. The Labute approximate surface area is 97.4 Å². The first-order valence-electron chi connectivity index (χ1n) is 4.49. The van der Waals surface area contributed by atoms with Gasteiger partial charge in [0.25, 0.3) is 0 Å². The van der Waals surface area contributed by atoms with Crippen molar-refractivity contribution >= 4 is 17.6 Å². The summed E-state index contributed by atoms with van der Waals surface area (Å²) < 4.78 is 4.89. The van der Waals surface area contributed by atoms with Gasteiger partial charge in [0.15, 0.2) is 11.5 Å². The van der Waals surface area contributed by atoms with Gasteiger partial charge in [0, 0.05) is 0 Å². The van der Waals surface area contributed by atoms with E-state index in [4.69, 9.17) is 27.2 Å². The number of hydrogen-bond acceptors (Lipinski definition) is 4. The Morgan fingerprint density at radius 2 is 2.25 bits per heavy atom. The summed E-state index contributed by atoms with van der Waals surface area (Å²) in [5, 5.41) is 18.2. The Balaban J connectivity index is 2.98. The largest absolute Gasteiger partial charge is 0.503 e. The van der Waals surface area contributed by atoms with Crippen LogP contribution in [0.2, 0.25) is 5.02 Å². The number of carbonyl (C=O) groups is 1. The number of hydrogen-bond donors (Lipinski definition) is 3. The zero-order valence-corrected chi connectivity index (χ0v) is 9.36. The summed E-state index contributed by atoms with van der Waals surface area (Å²) in [4.78, 5) is 10.6. The lowest BCUT2D eigenvalue weighted by molar-refractivity contribution is -0.138. The molecule has 0 aromatic heterocycles. The predicted octanol–water partition coefficient (Wildman–Crippen LogP) is 1.01. The molecule has 16 heavy (non-hydrogen) atoms. The van der Waals surface area contributed by atoms with Gasteiger partial charge in [-0.1, -0.05) is 11.6 Å². The fraction of sp³-hybridized carbons (Fsp3) is 0.300. The third-order valence-electron chi connectivity index (χ3n) is 2.08. The van der Waals surface area contributed by atoms with Gasteiger partial charge in [-0.2, -0.15) is 0 Å². The van der Waals surface area contributed by atoms with Crippen molar-refractivity contribution in [3.8, 4) is 11.5 Å². The summed E-state index contributed by atoms with van der Waals surface area (Å²) >= 11 is 5.74. The summed E-state index contributed by atoms with van der Waals surface area (Å²) in [5.41, 5.74) is 5.97. The smallest absolute Gasteiger partial charge is 0.320 e. The minimum Gasteiger partial charge on any atom is -0.503 e. The lowest BCUT2D eigenvalue weighted by Gasteiger charge is -2.10. The summed E-state index contributed by atoms with van der Waals surface area (Å²) in [6.07, 6.45) is 0.117. The number of halogens is 1. The minimum atomic E-state index is -1.09. The maximum absolute atomic E-state index is 10.6. The molecule has 0 heterocycles. The van der Waals surface area contributed by atoms with Crippen LogP contribution in [0.15, 0.2) is 12.1 Å². The number of rotatable bonds is 4. The number of carboxylic acids is 1. The Bertz CT molecular complexity index is 408. The number of benzene rings is 1. The molecule has 1 rings (SSSR count). The summed E-state index contributed by atoms with van der Waals surface area (Å²) in [6.45, 7) is 0. The number of phenols is 1. The molecule has 0 unspecified atom stereocenters. The molecule has 0 aliphatic carbocycles. The van der Waals surface area contributed by atoms with Crippen LogP contribution in [0.1, 0.15) is 5.56 Å². The van der Waals surface area contributed by atoms with Crippen molar-refractivity contribution in [2.24, 2.45) is 5.73 Å². The van der Waals surface area contributed by atoms with E-state index in [1.165, 1.54) is 19.2 Å². The topological polar surface area (TPSA) is 92.8 Å². The maximum Gasteiger partial charge on any atom is 0.320 e. The number of carboxylic acid groups (broad SMARTS) is 1. The van der Waals surface area contributed by atoms with Crippen molar-refractivity contribution in [1.82, 2.24) is 0 Å². The molecule has 4 N–H and O–H groups in total. The number of aromatic hydroxyl groups is 1. The van der Waals surface area contributed by atoms with E-state index in [9.17, 15) is 9.90 Å². The SMILES string of the molecule is COc1cc(C[C@H](N)C(=O)O)cc(Cl)c1O. The Morgan fingerprint density at radius 1 is 1.62 bits per heavy atom. The highest BCUT2D eigenvalue weighted by molar-refractivity contribution is 6.32. The summed E-state index contributed by atoms with van der Waals surface area (Å²) in [7, 11) is 1.38. The van der Waals surface area contributed by atoms with E-state index in [2.05, 4.69) is 0 Å².